The zero-order valence-electron chi connectivity index (χ0n) is 11.7. The number of rotatable bonds is 12. The standard InChI is InChI=1S/C14H29BO3/c1-2-3-4-5-6-7-8-9-11-14(16)12-10-13-15(17)18/h10,13-14,16-18H,2-9,11-12H2,1H3/b13-10+. The Labute approximate surface area is 112 Å². The highest BCUT2D eigenvalue weighted by Gasteiger charge is 2.03. The Kier molecular flexibility index (Phi) is 12.9. The van der Waals surface area contributed by atoms with Crippen molar-refractivity contribution in [2.75, 3.05) is 0 Å². The summed E-state index contributed by atoms with van der Waals surface area (Å²) in [6, 6.07) is 0. The van der Waals surface area contributed by atoms with Crippen LogP contribution in [0, 0.1) is 0 Å². The van der Waals surface area contributed by atoms with Crippen LogP contribution in [0.4, 0.5) is 0 Å². The Morgan fingerprint density at radius 1 is 0.944 bits per heavy atom. The fourth-order valence-corrected chi connectivity index (χ4v) is 1.99. The highest BCUT2D eigenvalue weighted by Crippen LogP contribution is 2.11. The molecule has 0 spiro atoms. The van der Waals surface area contributed by atoms with Crippen molar-refractivity contribution in [3.05, 3.63) is 12.1 Å². The van der Waals surface area contributed by atoms with E-state index in [1.165, 1.54) is 50.9 Å². The van der Waals surface area contributed by atoms with Gasteiger partial charge in [-0.25, -0.2) is 0 Å². The fourth-order valence-electron chi connectivity index (χ4n) is 1.99. The van der Waals surface area contributed by atoms with Gasteiger partial charge in [0.2, 0.25) is 0 Å². The number of hydrogen-bond acceptors (Lipinski definition) is 3. The Hall–Kier alpha value is -0.315. The van der Waals surface area contributed by atoms with E-state index in [1.54, 1.807) is 6.08 Å². The fraction of sp³-hybridized carbons (Fsp3) is 0.857. The number of aliphatic hydroxyl groups excluding tert-OH is 1. The molecule has 1 unspecified atom stereocenters. The first kappa shape index (κ1) is 17.7. The van der Waals surface area contributed by atoms with Crippen molar-refractivity contribution in [1.82, 2.24) is 0 Å². The molecule has 0 aliphatic rings. The quantitative estimate of drug-likeness (QED) is 0.371. The van der Waals surface area contributed by atoms with Crippen molar-refractivity contribution in [3.8, 4) is 0 Å². The molecule has 0 bridgehead atoms. The molecule has 0 heterocycles. The Balaban J connectivity index is 3.22. The largest absolute Gasteiger partial charge is 0.480 e. The molecular formula is C14H29BO3. The van der Waals surface area contributed by atoms with Crippen molar-refractivity contribution >= 4 is 7.12 Å². The van der Waals surface area contributed by atoms with Gasteiger partial charge in [-0.2, -0.15) is 0 Å². The molecular weight excluding hydrogens is 227 g/mol. The first-order valence-electron chi connectivity index (χ1n) is 7.37. The molecule has 0 aliphatic heterocycles. The monoisotopic (exact) mass is 256 g/mol. The van der Waals surface area contributed by atoms with Gasteiger partial charge in [-0.1, -0.05) is 70.3 Å². The van der Waals surface area contributed by atoms with E-state index in [4.69, 9.17) is 10.0 Å². The van der Waals surface area contributed by atoms with E-state index in [2.05, 4.69) is 6.92 Å². The lowest BCUT2D eigenvalue weighted by Gasteiger charge is -2.07. The van der Waals surface area contributed by atoms with Gasteiger partial charge in [-0.05, 0) is 12.8 Å². The summed E-state index contributed by atoms with van der Waals surface area (Å²) in [4.78, 5) is 0. The molecule has 0 amide bonds. The van der Waals surface area contributed by atoms with Crippen LogP contribution >= 0.6 is 0 Å². The van der Waals surface area contributed by atoms with Crippen LogP contribution in [0.15, 0.2) is 12.1 Å². The lowest BCUT2D eigenvalue weighted by molar-refractivity contribution is 0.163. The molecule has 0 rings (SSSR count). The van der Waals surface area contributed by atoms with Gasteiger partial charge in [0.25, 0.3) is 0 Å². The Morgan fingerprint density at radius 3 is 2.06 bits per heavy atom. The minimum Gasteiger partial charge on any atom is -0.424 e. The minimum absolute atomic E-state index is 0.347. The molecule has 1 atom stereocenters. The van der Waals surface area contributed by atoms with Crippen LogP contribution in [-0.4, -0.2) is 28.4 Å². The smallest absolute Gasteiger partial charge is 0.424 e. The summed E-state index contributed by atoms with van der Waals surface area (Å²) in [5.74, 6) is 1.29. The van der Waals surface area contributed by atoms with Crippen LogP contribution in [0.5, 0.6) is 0 Å². The van der Waals surface area contributed by atoms with Crippen molar-refractivity contribution in [3.63, 3.8) is 0 Å². The van der Waals surface area contributed by atoms with E-state index in [0.29, 0.717) is 6.42 Å². The summed E-state index contributed by atoms with van der Waals surface area (Å²) in [7, 11) is -1.40. The summed E-state index contributed by atoms with van der Waals surface area (Å²) in [6.45, 7) is 2.23. The molecule has 0 fully saturated rings. The molecule has 0 radical (unpaired) electrons. The lowest BCUT2D eigenvalue weighted by atomic mass is 9.91. The summed E-state index contributed by atoms with van der Waals surface area (Å²) < 4.78 is 0. The number of hydrogen-bond donors (Lipinski definition) is 3. The molecule has 0 saturated heterocycles. The average Bonchev–Trinajstić information content (AvgIpc) is 2.32. The summed E-state index contributed by atoms with van der Waals surface area (Å²) >= 11 is 0. The second-order valence-electron chi connectivity index (χ2n) is 4.99. The lowest BCUT2D eigenvalue weighted by Crippen LogP contribution is -2.08. The molecule has 0 saturated carbocycles. The zero-order chi connectivity index (χ0) is 13.6. The van der Waals surface area contributed by atoms with Crippen molar-refractivity contribution in [2.24, 2.45) is 0 Å². The predicted octanol–water partition coefficient (Wildman–Crippen LogP) is 2.84. The van der Waals surface area contributed by atoms with Crippen molar-refractivity contribution in [1.29, 1.82) is 0 Å². The third-order valence-corrected chi connectivity index (χ3v) is 3.11. The summed E-state index contributed by atoms with van der Waals surface area (Å²) in [6.07, 6.45) is 12.8. The molecule has 4 heteroatoms. The van der Waals surface area contributed by atoms with E-state index < -0.39 is 7.12 Å². The molecule has 18 heavy (non-hydrogen) atoms. The molecule has 3 N–H and O–H groups in total. The van der Waals surface area contributed by atoms with E-state index in [1.807, 2.05) is 0 Å². The van der Waals surface area contributed by atoms with Gasteiger partial charge < -0.3 is 15.2 Å². The second-order valence-corrected chi connectivity index (χ2v) is 4.99. The number of unbranched alkanes of at least 4 members (excludes halogenated alkanes) is 7. The van der Waals surface area contributed by atoms with E-state index in [-0.39, 0.29) is 6.10 Å². The van der Waals surface area contributed by atoms with Crippen LogP contribution in [0.1, 0.15) is 71.1 Å². The molecule has 106 valence electrons. The van der Waals surface area contributed by atoms with Gasteiger partial charge in [-0.15, -0.1) is 0 Å². The third kappa shape index (κ3) is 13.7. The highest BCUT2D eigenvalue weighted by molar-refractivity contribution is 6.47. The van der Waals surface area contributed by atoms with Crippen LogP contribution < -0.4 is 0 Å². The summed E-state index contributed by atoms with van der Waals surface area (Å²) in [5, 5.41) is 26.8. The van der Waals surface area contributed by atoms with Crippen molar-refractivity contribution in [2.45, 2.75) is 77.2 Å². The SMILES string of the molecule is CCCCCCCCCCC(O)C/C=C/B(O)O. The van der Waals surface area contributed by atoms with Gasteiger partial charge in [0.05, 0.1) is 6.10 Å². The zero-order valence-corrected chi connectivity index (χ0v) is 11.7. The molecule has 0 aromatic heterocycles. The molecule has 0 aliphatic carbocycles. The minimum atomic E-state index is -1.40. The maximum absolute atomic E-state index is 9.62. The maximum atomic E-state index is 9.62. The molecule has 3 nitrogen and oxygen atoms in total. The van der Waals surface area contributed by atoms with Crippen LogP contribution in [0.3, 0.4) is 0 Å². The first-order valence-corrected chi connectivity index (χ1v) is 7.37. The van der Waals surface area contributed by atoms with Crippen molar-refractivity contribution < 1.29 is 15.2 Å². The third-order valence-electron chi connectivity index (χ3n) is 3.11. The second kappa shape index (κ2) is 13.1. The van der Waals surface area contributed by atoms with Gasteiger partial charge in [0.15, 0.2) is 0 Å². The normalized spacial score (nSPS) is 13.1. The van der Waals surface area contributed by atoms with Crippen LogP contribution in [0.2, 0.25) is 0 Å². The predicted molar refractivity (Wildman–Crippen MR) is 77.2 cm³/mol. The average molecular weight is 256 g/mol. The maximum Gasteiger partial charge on any atom is 0.480 e. The van der Waals surface area contributed by atoms with Gasteiger partial charge in [0, 0.05) is 0 Å². The molecule has 0 aromatic rings. The topological polar surface area (TPSA) is 60.7 Å². The van der Waals surface area contributed by atoms with Gasteiger partial charge >= 0.3 is 7.12 Å². The number of aliphatic hydroxyl groups is 1. The first-order chi connectivity index (χ1) is 8.66. The highest BCUT2D eigenvalue weighted by atomic mass is 16.4. The van der Waals surface area contributed by atoms with Gasteiger partial charge in [0.1, 0.15) is 0 Å². The summed E-state index contributed by atoms with van der Waals surface area (Å²) in [5.41, 5.74) is 0. The van der Waals surface area contributed by atoms with E-state index >= 15 is 0 Å². The van der Waals surface area contributed by atoms with Gasteiger partial charge in [-0.3, -0.25) is 0 Å². The van der Waals surface area contributed by atoms with E-state index in [9.17, 15) is 5.11 Å². The molecule has 0 aromatic carbocycles. The Morgan fingerprint density at radius 2 is 1.50 bits per heavy atom. The van der Waals surface area contributed by atoms with Crippen LogP contribution in [-0.2, 0) is 0 Å². The van der Waals surface area contributed by atoms with E-state index in [0.717, 1.165) is 12.8 Å². The Bertz CT molecular complexity index is 195. The van der Waals surface area contributed by atoms with Crippen LogP contribution in [0.25, 0.3) is 0 Å².